The molecule has 0 aromatic carbocycles. The highest BCUT2D eigenvalue weighted by atomic mass is 15.5. The van der Waals surface area contributed by atoms with Crippen molar-refractivity contribution in [1.82, 2.24) is 19.9 Å². The zero-order chi connectivity index (χ0) is 9.80. The molecule has 0 spiro atoms. The Kier molecular flexibility index (Phi) is 2.98. The van der Waals surface area contributed by atoms with E-state index in [1.807, 2.05) is 0 Å². The molecule has 5 nitrogen and oxygen atoms in total. The van der Waals surface area contributed by atoms with E-state index in [1.165, 1.54) is 32.4 Å². The quantitative estimate of drug-likeness (QED) is 0.756. The van der Waals surface area contributed by atoms with Gasteiger partial charge >= 0.3 is 0 Å². The lowest BCUT2D eigenvalue weighted by molar-refractivity contribution is 0.214. The number of likely N-dealkylation sites (tertiary alicyclic amines) is 1. The second kappa shape index (κ2) is 4.41. The average molecular weight is 195 g/mol. The molecule has 2 heterocycles. The van der Waals surface area contributed by atoms with E-state index in [0.29, 0.717) is 5.82 Å². The summed E-state index contributed by atoms with van der Waals surface area (Å²) in [5.41, 5.74) is 5.48. The number of hydrogen-bond donors (Lipinski definition) is 1. The molecule has 5 heteroatoms. The van der Waals surface area contributed by atoms with Crippen LogP contribution in [0.1, 0.15) is 19.3 Å². The third kappa shape index (κ3) is 2.45. The zero-order valence-corrected chi connectivity index (χ0v) is 8.39. The molecule has 0 amide bonds. The second-order valence-corrected chi connectivity index (χ2v) is 3.77. The standard InChI is InChI=1S/C9H17N5/c10-9-8-11-14(12-9)7-6-13-4-2-1-3-5-13/h8H,1-7H2,(H2,10,12). The minimum Gasteiger partial charge on any atom is -0.381 e. The summed E-state index contributed by atoms with van der Waals surface area (Å²) in [4.78, 5) is 4.13. The molecule has 0 atom stereocenters. The first-order chi connectivity index (χ1) is 6.84. The Morgan fingerprint density at radius 2 is 2.00 bits per heavy atom. The van der Waals surface area contributed by atoms with Crippen LogP contribution in [0.2, 0.25) is 0 Å². The van der Waals surface area contributed by atoms with Crippen molar-refractivity contribution in [2.45, 2.75) is 25.8 Å². The van der Waals surface area contributed by atoms with E-state index in [-0.39, 0.29) is 0 Å². The monoisotopic (exact) mass is 195 g/mol. The van der Waals surface area contributed by atoms with Gasteiger partial charge in [-0.25, -0.2) is 0 Å². The maximum absolute atomic E-state index is 5.48. The smallest absolute Gasteiger partial charge is 0.165 e. The van der Waals surface area contributed by atoms with Gasteiger partial charge in [0.1, 0.15) is 0 Å². The van der Waals surface area contributed by atoms with E-state index in [1.54, 1.807) is 11.0 Å². The highest BCUT2D eigenvalue weighted by molar-refractivity contribution is 5.19. The fraction of sp³-hybridized carbons (Fsp3) is 0.778. The molecule has 0 bridgehead atoms. The Morgan fingerprint density at radius 1 is 1.21 bits per heavy atom. The molecule has 1 aliphatic rings. The Bertz CT molecular complexity index is 276. The largest absolute Gasteiger partial charge is 0.381 e. The summed E-state index contributed by atoms with van der Waals surface area (Å²) >= 11 is 0. The SMILES string of the molecule is Nc1cnn(CCN2CCCCC2)n1. The van der Waals surface area contributed by atoms with Crippen LogP contribution in [0.25, 0.3) is 0 Å². The van der Waals surface area contributed by atoms with E-state index >= 15 is 0 Å². The predicted molar refractivity (Wildman–Crippen MR) is 54.7 cm³/mol. The maximum atomic E-state index is 5.48. The molecule has 14 heavy (non-hydrogen) atoms. The fourth-order valence-corrected chi connectivity index (χ4v) is 1.83. The molecule has 0 unspecified atom stereocenters. The minimum atomic E-state index is 0.503. The molecule has 2 N–H and O–H groups in total. The van der Waals surface area contributed by atoms with Crippen LogP contribution in [0.3, 0.4) is 0 Å². The maximum Gasteiger partial charge on any atom is 0.165 e. The molecule has 1 aromatic rings. The first-order valence-corrected chi connectivity index (χ1v) is 5.22. The van der Waals surface area contributed by atoms with Crippen LogP contribution in [-0.2, 0) is 6.54 Å². The first kappa shape index (κ1) is 9.45. The molecule has 2 rings (SSSR count). The number of nitrogens with two attached hydrogens (primary N) is 1. The molecule has 0 radical (unpaired) electrons. The number of rotatable bonds is 3. The number of aromatic nitrogens is 3. The van der Waals surface area contributed by atoms with Crippen molar-refractivity contribution < 1.29 is 0 Å². The van der Waals surface area contributed by atoms with Gasteiger partial charge in [-0.2, -0.15) is 9.90 Å². The van der Waals surface area contributed by atoms with Crippen molar-refractivity contribution in [3.8, 4) is 0 Å². The van der Waals surface area contributed by atoms with E-state index in [4.69, 9.17) is 5.73 Å². The lowest BCUT2D eigenvalue weighted by Gasteiger charge is -2.25. The third-order valence-corrected chi connectivity index (χ3v) is 2.62. The van der Waals surface area contributed by atoms with E-state index in [2.05, 4.69) is 15.1 Å². The van der Waals surface area contributed by atoms with Gasteiger partial charge in [0, 0.05) is 6.54 Å². The number of nitrogens with zero attached hydrogens (tertiary/aromatic N) is 4. The minimum absolute atomic E-state index is 0.503. The summed E-state index contributed by atoms with van der Waals surface area (Å²) in [7, 11) is 0. The molecule has 1 aromatic heterocycles. The van der Waals surface area contributed by atoms with Crippen LogP contribution >= 0.6 is 0 Å². The highest BCUT2D eigenvalue weighted by Gasteiger charge is 2.09. The molecule has 78 valence electrons. The summed E-state index contributed by atoms with van der Waals surface area (Å²) in [6, 6.07) is 0. The zero-order valence-electron chi connectivity index (χ0n) is 8.39. The fourth-order valence-electron chi connectivity index (χ4n) is 1.83. The number of hydrogen-bond acceptors (Lipinski definition) is 4. The molecule has 0 saturated carbocycles. The average Bonchev–Trinajstić information content (AvgIpc) is 2.63. The van der Waals surface area contributed by atoms with Crippen LogP contribution in [0.4, 0.5) is 5.82 Å². The Balaban J connectivity index is 1.76. The van der Waals surface area contributed by atoms with Gasteiger partial charge in [-0.15, -0.1) is 5.10 Å². The molecule has 0 aliphatic carbocycles. The molecule has 1 aliphatic heterocycles. The van der Waals surface area contributed by atoms with Crippen molar-refractivity contribution in [3.05, 3.63) is 6.20 Å². The Morgan fingerprint density at radius 3 is 2.64 bits per heavy atom. The van der Waals surface area contributed by atoms with E-state index in [9.17, 15) is 0 Å². The van der Waals surface area contributed by atoms with Crippen LogP contribution < -0.4 is 5.73 Å². The van der Waals surface area contributed by atoms with E-state index in [0.717, 1.165) is 13.1 Å². The van der Waals surface area contributed by atoms with Crippen molar-refractivity contribution in [2.75, 3.05) is 25.4 Å². The Hall–Kier alpha value is -1.10. The van der Waals surface area contributed by atoms with Gasteiger partial charge in [-0.1, -0.05) is 6.42 Å². The normalized spacial score (nSPS) is 18.6. The third-order valence-electron chi connectivity index (χ3n) is 2.62. The van der Waals surface area contributed by atoms with Crippen LogP contribution in [0.15, 0.2) is 6.20 Å². The summed E-state index contributed by atoms with van der Waals surface area (Å²) in [5, 5.41) is 8.11. The predicted octanol–water partition coefficient (Wildman–Crippen LogP) is 0.346. The van der Waals surface area contributed by atoms with Gasteiger partial charge in [0.2, 0.25) is 0 Å². The lowest BCUT2D eigenvalue weighted by Crippen LogP contribution is -2.32. The first-order valence-electron chi connectivity index (χ1n) is 5.22. The van der Waals surface area contributed by atoms with Gasteiger partial charge < -0.3 is 10.6 Å². The van der Waals surface area contributed by atoms with Crippen molar-refractivity contribution in [1.29, 1.82) is 0 Å². The van der Waals surface area contributed by atoms with Crippen LogP contribution in [-0.4, -0.2) is 39.5 Å². The van der Waals surface area contributed by atoms with Gasteiger partial charge in [-0.3, -0.25) is 0 Å². The Labute approximate surface area is 83.9 Å². The molecular weight excluding hydrogens is 178 g/mol. The number of nitrogen functional groups attached to an aromatic ring is 1. The van der Waals surface area contributed by atoms with Gasteiger partial charge in [0.15, 0.2) is 5.82 Å². The van der Waals surface area contributed by atoms with Gasteiger partial charge in [0.05, 0.1) is 12.7 Å². The topological polar surface area (TPSA) is 60.0 Å². The number of anilines is 1. The summed E-state index contributed by atoms with van der Waals surface area (Å²) in [6.07, 6.45) is 5.63. The highest BCUT2D eigenvalue weighted by Crippen LogP contribution is 2.07. The molecular formula is C9H17N5. The van der Waals surface area contributed by atoms with Gasteiger partial charge in [0.25, 0.3) is 0 Å². The van der Waals surface area contributed by atoms with Crippen LogP contribution in [0.5, 0.6) is 0 Å². The van der Waals surface area contributed by atoms with E-state index < -0.39 is 0 Å². The molecule has 1 fully saturated rings. The summed E-state index contributed by atoms with van der Waals surface area (Å²) in [5.74, 6) is 0.503. The van der Waals surface area contributed by atoms with Crippen molar-refractivity contribution in [3.63, 3.8) is 0 Å². The van der Waals surface area contributed by atoms with Gasteiger partial charge in [-0.05, 0) is 25.9 Å². The summed E-state index contributed by atoms with van der Waals surface area (Å²) < 4.78 is 0. The van der Waals surface area contributed by atoms with Crippen molar-refractivity contribution in [2.24, 2.45) is 0 Å². The second-order valence-electron chi connectivity index (χ2n) is 3.77. The van der Waals surface area contributed by atoms with Crippen molar-refractivity contribution >= 4 is 5.82 Å². The number of piperidine rings is 1. The molecule has 1 saturated heterocycles. The summed E-state index contributed by atoms with van der Waals surface area (Å²) in [6.45, 7) is 4.32. The lowest BCUT2D eigenvalue weighted by atomic mass is 10.1. The van der Waals surface area contributed by atoms with Crippen LogP contribution in [0, 0.1) is 0 Å².